The van der Waals surface area contributed by atoms with E-state index < -0.39 is 0 Å². The molecular weight excluding hydrogens is 320 g/mol. The molecule has 1 aliphatic heterocycles. The molecule has 3 heterocycles. The van der Waals surface area contributed by atoms with Crippen LogP contribution in [-0.2, 0) is 15.3 Å². The first-order valence-corrected chi connectivity index (χ1v) is 8.71. The van der Waals surface area contributed by atoms with E-state index in [-0.39, 0.29) is 6.10 Å². The number of anilines is 1. The number of nitrogen functional groups attached to an aromatic ring is 1. The van der Waals surface area contributed by atoms with E-state index in [2.05, 4.69) is 21.4 Å². The predicted molar refractivity (Wildman–Crippen MR) is 86.7 cm³/mol. The second-order valence-corrected chi connectivity index (χ2v) is 6.77. The second-order valence-electron chi connectivity index (χ2n) is 4.80. The third-order valence-electron chi connectivity index (χ3n) is 3.30. The van der Waals surface area contributed by atoms with Crippen LogP contribution >= 0.6 is 23.1 Å². The summed E-state index contributed by atoms with van der Waals surface area (Å²) in [6, 6.07) is 3.94. The van der Waals surface area contributed by atoms with Gasteiger partial charge in [-0.25, -0.2) is 9.97 Å². The summed E-state index contributed by atoms with van der Waals surface area (Å²) < 4.78 is 5.82. The molecule has 2 aromatic rings. The van der Waals surface area contributed by atoms with Crippen LogP contribution in [0.1, 0.15) is 16.7 Å². The fourth-order valence-corrected chi connectivity index (χ4v) is 4.37. The van der Waals surface area contributed by atoms with Crippen molar-refractivity contribution in [3.63, 3.8) is 0 Å². The van der Waals surface area contributed by atoms with Gasteiger partial charge in [-0.2, -0.15) is 0 Å². The predicted octanol–water partition coefficient (Wildman–Crippen LogP) is 1.94. The summed E-state index contributed by atoms with van der Waals surface area (Å²) in [5.41, 5.74) is 6.49. The van der Waals surface area contributed by atoms with Crippen molar-refractivity contribution in [2.24, 2.45) is 0 Å². The molecule has 3 rings (SSSR count). The fourth-order valence-electron chi connectivity index (χ4n) is 2.23. The lowest BCUT2D eigenvalue weighted by Crippen LogP contribution is -2.37. The molecule has 0 radical (unpaired) electrons. The van der Waals surface area contributed by atoms with Gasteiger partial charge in [-0.15, -0.1) is 23.1 Å². The first-order valence-electron chi connectivity index (χ1n) is 6.85. The van der Waals surface area contributed by atoms with Crippen molar-refractivity contribution < 1.29 is 9.53 Å². The number of nitrogens with two attached hydrogens (primary N) is 1. The van der Waals surface area contributed by atoms with Gasteiger partial charge < -0.3 is 15.4 Å². The standard InChI is InChI=1S/C14H16N4O2S2/c15-14-16-3-1-10(17-14)8-22-12-2-6-21-13(12)11-7-18(9-19)4-5-20-11/h1-3,6,9,11H,4-5,7-8H2,(H2,15,16,17). The molecule has 6 nitrogen and oxygen atoms in total. The average molecular weight is 336 g/mol. The van der Waals surface area contributed by atoms with E-state index in [1.807, 2.05) is 6.07 Å². The number of carbonyl (C=O) groups excluding carboxylic acids is 1. The van der Waals surface area contributed by atoms with Crippen molar-refractivity contribution in [2.75, 3.05) is 25.4 Å². The van der Waals surface area contributed by atoms with Gasteiger partial charge in [-0.05, 0) is 17.5 Å². The summed E-state index contributed by atoms with van der Waals surface area (Å²) in [5, 5.41) is 2.05. The zero-order valence-electron chi connectivity index (χ0n) is 11.8. The summed E-state index contributed by atoms with van der Waals surface area (Å²) in [5.74, 6) is 1.02. The Morgan fingerprint density at radius 3 is 3.27 bits per heavy atom. The van der Waals surface area contributed by atoms with Crippen molar-refractivity contribution in [2.45, 2.75) is 16.8 Å². The number of hydrogen-bond acceptors (Lipinski definition) is 7. The van der Waals surface area contributed by atoms with E-state index in [9.17, 15) is 4.79 Å². The molecule has 1 atom stereocenters. The molecule has 2 N–H and O–H groups in total. The molecule has 1 amide bonds. The van der Waals surface area contributed by atoms with Gasteiger partial charge in [-0.1, -0.05) is 0 Å². The smallest absolute Gasteiger partial charge is 0.220 e. The van der Waals surface area contributed by atoms with Gasteiger partial charge in [0.1, 0.15) is 6.10 Å². The van der Waals surface area contributed by atoms with Crippen molar-refractivity contribution >= 4 is 35.5 Å². The number of aromatic nitrogens is 2. The summed E-state index contributed by atoms with van der Waals surface area (Å²) in [7, 11) is 0. The van der Waals surface area contributed by atoms with Crippen LogP contribution in [0.15, 0.2) is 28.6 Å². The first-order chi connectivity index (χ1) is 10.8. The highest BCUT2D eigenvalue weighted by Gasteiger charge is 2.24. The maximum atomic E-state index is 10.9. The number of ether oxygens (including phenoxy) is 1. The largest absolute Gasteiger partial charge is 0.369 e. The van der Waals surface area contributed by atoms with Crippen LogP contribution in [0.4, 0.5) is 5.95 Å². The average Bonchev–Trinajstić information content (AvgIpc) is 3.01. The quantitative estimate of drug-likeness (QED) is 0.664. The zero-order valence-corrected chi connectivity index (χ0v) is 13.5. The molecule has 1 unspecified atom stereocenters. The summed E-state index contributed by atoms with van der Waals surface area (Å²) in [6.07, 6.45) is 2.51. The van der Waals surface area contributed by atoms with Crippen LogP contribution in [0.2, 0.25) is 0 Å². The number of rotatable bonds is 5. The number of amides is 1. The Morgan fingerprint density at radius 1 is 1.55 bits per heavy atom. The molecule has 0 aromatic carbocycles. The molecule has 2 aromatic heterocycles. The third kappa shape index (κ3) is 3.57. The topological polar surface area (TPSA) is 81.3 Å². The van der Waals surface area contributed by atoms with Gasteiger partial charge >= 0.3 is 0 Å². The van der Waals surface area contributed by atoms with Gasteiger partial charge in [0.05, 0.1) is 18.8 Å². The van der Waals surface area contributed by atoms with Crippen LogP contribution in [-0.4, -0.2) is 41.0 Å². The fraction of sp³-hybridized carbons (Fsp3) is 0.357. The maximum Gasteiger partial charge on any atom is 0.220 e. The minimum Gasteiger partial charge on any atom is -0.369 e. The minimum atomic E-state index is -0.0445. The molecule has 0 bridgehead atoms. The highest BCUT2D eigenvalue weighted by Crippen LogP contribution is 2.36. The van der Waals surface area contributed by atoms with E-state index in [0.717, 1.165) is 17.9 Å². The number of nitrogens with zero attached hydrogens (tertiary/aromatic N) is 3. The van der Waals surface area contributed by atoms with Gasteiger partial charge in [-0.3, -0.25) is 4.79 Å². The monoisotopic (exact) mass is 336 g/mol. The highest BCUT2D eigenvalue weighted by molar-refractivity contribution is 7.98. The van der Waals surface area contributed by atoms with Crippen LogP contribution in [0.25, 0.3) is 0 Å². The summed E-state index contributed by atoms with van der Waals surface area (Å²) in [6.45, 7) is 1.85. The molecule has 1 fully saturated rings. The molecular formula is C14H16N4O2S2. The van der Waals surface area contributed by atoms with E-state index >= 15 is 0 Å². The van der Waals surface area contributed by atoms with Gasteiger partial charge in [0.2, 0.25) is 12.4 Å². The van der Waals surface area contributed by atoms with Crippen LogP contribution in [0.5, 0.6) is 0 Å². The third-order valence-corrected chi connectivity index (χ3v) is 5.55. The first kappa shape index (κ1) is 15.3. The van der Waals surface area contributed by atoms with E-state index in [0.29, 0.717) is 25.6 Å². The Hall–Kier alpha value is -1.64. The van der Waals surface area contributed by atoms with Gasteiger partial charge in [0.25, 0.3) is 0 Å². The molecule has 1 aliphatic rings. The second kappa shape index (κ2) is 7.08. The lowest BCUT2D eigenvalue weighted by Gasteiger charge is -2.30. The van der Waals surface area contributed by atoms with E-state index in [4.69, 9.17) is 10.5 Å². The number of carbonyl (C=O) groups is 1. The lowest BCUT2D eigenvalue weighted by atomic mass is 10.2. The van der Waals surface area contributed by atoms with Crippen molar-refractivity contribution in [1.82, 2.24) is 14.9 Å². The Morgan fingerprint density at radius 2 is 2.45 bits per heavy atom. The van der Waals surface area contributed by atoms with Crippen molar-refractivity contribution in [3.8, 4) is 0 Å². The summed E-state index contributed by atoms with van der Waals surface area (Å²) >= 11 is 3.36. The Bertz CT molecular complexity index is 649. The summed E-state index contributed by atoms with van der Waals surface area (Å²) in [4.78, 5) is 23.1. The normalized spacial score (nSPS) is 18.4. The number of thiophene rings is 1. The molecule has 0 spiro atoms. The molecule has 8 heteroatoms. The minimum absolute atomic E-state index is 0.0445. The SMILES string of the molecule is Nc1nccc(CSc2ccsc2C2CN(C=O)CCO2)n1. The number of morpholine rings is 1. The van der Waals surface area contributed by atoms with Crippen LogP contribution in [0, 0.1) is 0 Å². The molecule has 1 saturated heterocycles. The van der Waals surface area contributed by atoms with E-state index in [1.54, 1.807) is 34.2 Å². The zero-order chi connectivity index (χ0) is 15.4. The molecule has 22 heavy (non-hydrogen) atoms. The van der Waals surface area contributed by atoms with Gasteiger partial charge in [0.15, 0.2) is 0 Å². The van der Waals surface area contributed by atoms with Crippen molar-refractivity contribution in [3.05, 3.63) is 34.3 Å². The Kier molecular flexibility index (Phi) is 4.91. The molecule has 0 aliphatic carbocycles. The number of thioether (sulfide) groups is 1. The van der Waals surface area contributed by atoms with Crippen molar-refractivity contribution in [1.29, 1.82) is 0 Å². The molecule has 116 valence electrons. The van der Waals surface area contributed by atoms with Crippen LogP contribution in [0.3, 0.4) is 0 Å². The van der Waals surface area contributed by atoms with Crippen LogP contribution < -0.4 is 5.73 Å². The highest BCUT2D eigenvalue weighted by atomic mass is 32.2. The Labute approximate surface area is 136 Å². The number of hydrogen-bond donors (Lipinski definition) is 1. The van der Waals surface area contributed by atoms with Gasteiger partial charge in [0, 0.05) is 28.3 Å². The maximum absolute atomic E-state index is 10.9. The lowest BCUT2D eigenvalue weighted by molar-refractivity contribution is -0.125. The molecule has 0 saturated carbocycles. The Balaban J connectivity index is 1.68. The van der Waals surface area contributed by atoms with E-state index in [1.165, 1.54) is 9.77 Å².